The quantitative estimate of drug-likeness (QED) is 0.549. The van der Waals surface area contributed by atoms with Crippen molar-refractivity contribution < 1.29 is 0 Å². The number of nitrogens with zero attached hydrogens (tertiary/aromatic N) is 5. The van der Waals surface area contributed by atoms with Crippen molar-refractivity contribution in [2.75, 3.05) is 28.2 Å². The van der Waals surface area contributed by atoms with Gasteiger partial charge in [0.2, 0.25) is 5.95 Å². The van der Waals surface area contributed by atoms with Crippen molar-refractivity contribution in [3.05, 3.63) is 71.5 Å². The molecule has 2 N–H and O–H groups in total. The van der Waals surface area contributed by atoms with Gasteiger partial charge in [-0.2, -0.15) is 9.97 Å². The Balaban J connectivity index is 1.36. The molecule has 4 heterocycles. The highest BCUT2D eigenvalue weighted by molar-refractivity contribution is 7.80. The zero-order valence-electron chi connectivity index (χ0n) is 18.7. The smallest absolute Gasteiger partial charge is 0.232 e. The molecule has 33 heavy (non-hydrogen) atoms. The Morgan fingerprint density at radius 2 is 1.58 bits per heavy atom. The number of hydrogen-bond acceptors (Lipinski definition) is 6. The maximum Gasteiger partial charge on any atom is 0.232 e. The third-order valence-electron chi connectivity index (χ3n) is 6.20. The van der Waals surface area contributed by atoms with Crippen LogP contribution >= 0.6 is 12.2 Å². The Labute approximate surface area is 200 Å². The highest BCUT2D eigenvalue weighted by atomic mass is 32.1. The summed E-state index contributed by atoms with van der Waals surface area (Å²) in [5.74, 6) is 2.43. The molecular formula is C25H29N7S. The van der Waals surface area contributed by atoms with E-state index >= 15 is 0 Å². The number of benzene rings is 1. The van der Waals surface area contributed by atoms with E-state index in [9.17, 15) is 0 Å². The fourth-order valence-electron chi connectivity index (χ4n) is 4.43. The van der Waals surface area contributed by atoms with E-state index in [1.54, 1.807) is 6.20 Å². The maximum absolute atomic E-state index is 5.54. The van der Waals surface area contributed by atoms with Gasteiger partial charge in [0.05, 0.1) is 0 Å². The number of pyridine rings is 1. The first-order chi connectivity index (χ1) is 16.2. The summed E-state index contributed by atoms with van der Waals surface area (Å²) < 4.78 is 0. The van der Waals surface area contributed by atoms with Crippen LogP contribution in [0.1, 0.15) is 42.4 Å². The van der Waals surface area contributed by atoms with Crippen molar-refractivity contribution in [3.63, 3.8) is 0 Å². The van der Waals surface area contributed by atoms with E-state index in [4.69, 9.17) is 22.2 Å². The van der Waals surface area contributed by atoms with Crippen LogP contribution < -0.4 is 20.4 Å². The van der Waals surface area contributed by atoms with E-state index < -0.39 is 0 Å². The summed E-state index contributed by atoms with van der Waals surface area (Å²) in [6.07, 6.45) is 8.55. The Kier molecular flexibility index (Phi) is 6.62. The monoisotopic (exact) mass is 459 g/mol. The zero-order valence-corrected chi connectivity index (χ0v) is 19.5. The van der Waals surface area contributed by atoms with Crippen LogP contribution in [-0.4, -0.2) is 33.2 Å². The van der Waals surface area contributed by atoms with Gasteiger partial charge in [-0.1, -0.05) is 43.2 Å². The van der Waals surface area contributed by atoms with Gasteiger partial charge in [0, 0.05) is 51.2 Å². The van der Waals surface area contributed by atoms with Crippen LogP contribution in [0, 0.1) is 0 Å². The largest absolute Gasteiger partial charge is 0.358 e. The highest BCUT2D eigenvalue weighted by Gasteiger charge is 2.22. The second-order valence-electron chi connectivity index (χ2n) is 8.60. The van der Waals surface area contributed by atoms with Gasteiger partial charge in [-0.15, -0.1) is 0 Å². The number of thiocarbonyl (C=S) groups is 1. The molecule has 3 aromatic rings. The molecule has 0 atom stereocenters. The summed E-state index contributed by atoms with van der Waals surface area (Å²) in [7, 11) is 0. The predicted octanol–water partition coefficient (Wildman–Crippen LogP) is 4.26. The summed E-state index contributed by atoms with van der Waals surface area (Å²) in [5, 5.41) is 6.95. The van der Waals surface area contributed by atoms with Crippen LogP contribution in [0.3, 0.4) is 0 Å². The minimum atomic E-state index is 0.502. The van der Waals surface area contributed by atoms with Crippen molar-refractivity contribution >= 4 is 34.9 Å². The summed E-state index contributed by atoms with van der Waals surface area (Å²) >= 11 is 5.54. The third-order valence-corrected chi connectivity index (χ3v) is 6.44. The molecule has 5 rings (SSSR count). The molecule has 2 aliphatic heterocycles. The van der Waals surface area contributed by atoms with Gasteiger partial charge in [-0.25, -0.2) is 0 Å². The first kappa shape index (κ1) is 21.6. The molecule has 7 nitrogen and oxygen atoms in total. The molecule has 8 heteroatoms. The van der Waals surface area contributed by atoms with Crippen molar-refractivity contribution in [1.82, 2.24) is 20.3 Å². The Bertz CT molecular complexity index is 1070. The number of anilines is 3. The molecule has 0 unspecified atom stereocenters. The lowest BCUT2D eigenvalue weighted by atomic mass is 10.1. The molecule has 1 saturated heterocycles. The van der Waals surface area contributed by atoms with E-state index in [0.29, 0.717) is 17.6 Å². The van der Waals surface area contributed by atoms with Crippen LogP contribution in [0.2, 0.25) is 0 Å². The first-order valence-electron chi connectivity index (χ1n) is 11.6. The van der Waals surface area contributed by atoms with Gasteiger partial charge < -0.3 is 20.4 Å². The molecule has 0 amide bonds. The second-order valence-corrected chi connectivity index (χ2v) is 9.01. The van der Waals surface area contributed by atoms with Gasteiger partial charge in [-0.3, -0.25) is 4.98 Å². The second kappa shape index (κ2) is 10.1. The maximum atomic E-state index is 5.54. The van der Waals surface area contributed by atoms with E-state index in [1.165, 1.54) is 36.8 Å². The third kappa shape index (κ3) is 5.39. The number of hydrogen-bond donors (Lipinski definition) is 2. The highest BCUT2D eigenvalue weighted by Crippen LogP contribution is 2.30. The predicted molar refractivity (Wildman–Crippen MR) is 136 cm³/mol. The molecule has 170 valence electrons. The van der Waals surface area contributed by atoms with Crippen LogP contribution in [0.25, 0.3) is 0 Å². The molecule has 0 saturated carbocycles. The summed E-state index contributed by atoms with van der Waals surface area (Å²) in [6, 6.07) is 14.7. The first-order valence-corrected chi connectivity index (χ1v) is 12.0. The standard InChI is InChI=1S/C25H29N7S/c33-25(27-16-19-8-7-11-26-15-19)30-24-28-22(31-12-5-1-2-6-13-31)14-23(29-24)32-17-20-9-3-4-10-21(20)18-32/h3-4,7-11,14-15H,1-2,5-6,12-13,16-18H2,(H2,27,28,29,30,33). The van der Waals surface area contributed by atoms with Gasteiger partial charge in [0.25, 0.3) is 0 Å². The van der Waals surface area contributed by atoms with Gasteiger partial charge in [0.15, 0.2) is 5.11 Å². The molecule has 0 aliphatic carbocycles. The zero-order chi connectivity index (χ0) is 22.5. The lowest BCUT2D eigenvalue weighted by Gasteiger charge is -2.25. The Morgan fingerprint density at radius 3 is 2.24 bits per heavy atom. The van der Waals surface area contributed by atoms with E-state index in [1.807, 2.05) is 18.3 Å². The molecule has 1 aromatic carbocycles. The molecule has 0 spiro atoms. The average Bonchev–Trinajstić information content (AvgIpc) is 3.09. The number of nitrogens with one attached hydrogen (secondary N) is 2. The van der Waals surface area contributed by atoms with Crippen LogP contribution in [-0.2, 0) is 19.6 Å². The topological polar surface area (TPSA) is 69.2 Å². The summed E-state index contributed by atoms with van der Waals surface area (Å²) in [6.45, 7) is 4.37. The summed E-state index contributed by atoms with van der Waals surface area (Å²) in [5.41, 5.74) is 3.78. The van der Waals surface area contributed by atoms with Crippen molar-refractivity contribution in [3.8, 4) is 0 Å². The Hall–Kier alpha value is -3.26. The molecule has 1 fully saturated rings. The average molecular weight is 460 g/mol. The fourth-order valence-corrected chi connectivity index (χ4v) is 4.59. The molecule has 0 radical (unpaired) electrons. The normalized spacial score (nSPS) is 15.6. The van der Waals surface area contributed by atoms with Crippen LogP contribution in [0.5, 0.6) is 0 Å². The Morgan fingerprint density at radius 1 is 0.879 bits per heavy atom. The number of fused-ring (bicyclic) bond motifs is 1. The molecule has 0 bridgehead atoms. The van der Waals surface area contributed by atoms with Gasteiger partial charge in [0.1, 0.15) is 11.6 Å². The van der Waals surface area contributed by atoms with Crippen LogP contribution in [0.15, 0.2) is 54.9 Å². The van der Waals surface area contributed by atoms with E-state index in [2.05, 4.69) is 55.7 Å². The van der Waals surface area contributed by atoms with Crippen LogP contribution in [0.4, 0.5) is 17.6 Å². The van der Waals surface area contributed by atoms with Crippen molar-refractivity contribution in [1.29, 1.82) is 0 Å². The van der Waals surface area contributed by atoms with Crippen molar-refractivity contribution in [2.45, 2.75) is 45.3 Å². The van der Waals surface area contributed by atoms with Crippen molar-refractivity contribution in [2.24, 2.45) is 0 Å². The molecule has 2 aliphatic rings. The van der Waals surface area contributed by atoms with Gasteiger partial charge in [-0.05, 0) is 47.8 Å². The summed E-state index contributed by atoms with van der Waals surface area (Å²) in [4.78, 5) is 18.5. The van der Waals surface area contributed by atoms with E-state index in [0.717, 1.165) is 43.4 Å². The minimum absolute atomic E-state index is 0.502. The van der Waals surface area contributed by atoms with E-state index in [-0.39, 0.29) is 0 Å². The lowest BCUT2D eigenvalue weighted by molar-refractivity contribution is 0.726. The number of aromatic nitrogens is 3. The number of rotatable bonds is 5. The SMILES string of the molecule is S=C(NCc1cccnc1)Nc1nc(N2CCCCCC2)cc(N2Cc3ccccc3C2)n1. The minimum Gasteiger partial charge on any atom is -0.358 e. The van der Waals surface area contributed by atoms with Gasteiger partial charge >= 0.3 is 0 Å². The molecular weight excluding hydrogens is 430 g/mol. The fraction of sp³-hybridized carbons (Fsp3) is 0.360. The molecule has 2 aromatic heterocycles. The lowest BCUT2D eigenvalue weighted by Crippen LogP contribution is -2.30.